The molecule has 11 nitrogen and oxygen atoms in total. The molecule has 0 spiro atoms. The van der Waals surface area contributed by atoms with Gasteiger partial charge in [0.05, 0.1) is 17.8 Å². The fraction of sp³-hybridized carbons (Fsp3) is 0.391. The van der Waals surface area contributed by atoms with E-state index in [-0.39, 0.29) is 12.5 Å². The Labute approximate surface area is 197 Å². The lowest BCUT2D eigenvalue weighted by molar-refractivity contribution is 0.0996. The van der Waals surface area contributed by atoms with Crippen molar-refractivity contribution in [2.24, 2.45) is 0 Å². The molecule has 3 aromatic rings. The number of carbonyl (C=O) groups excluding carboxylic acids is 1. The summed E-state index contributed by atoms with van der Waals surface area (Å²) in [5.41, 5.74) is 2.71. The van der Waals surface area contributed by atoms with Gasteiger partial charge in [-0.2, -0.15) is 0 Å². The van der Waals surface area contributed by atoms with Crippen LogP contribution in [0.1, 0.15) is 41.9 Å². The Kier molecular flexibility index (Phi) is 6.71. The first-order valence-electron chi connectivity index (χ1n) is 11.3. The van der Waals surface area contributed by atoms with Gasteiger partial charge in [-0.3, -0.25) is 9.69 Å². The van der Waals surface area contributed by atoms with Gasteiger partial charge in [-0.25, -0.2) is 14.8 Å². The van der Waals surface area contributed by atoms with E-state index in [4.69, 9.17) is 15.1 Å². The number of hydrogen-bond donors (Lipinski definition) is 2. The van der Waals surface area contributed by atoms with Crippen LogP contribution in [0.15, 0.2) is 30.6 Å². The molecule has 0 atom stereocenters. The van der Waals surface area contributed by atoms with Gasteiger partial charge >= 0.3 is 6.09 Å². The molecule has 2 amide bonds. The molecule has 0 aromatic carbocycles. The van der Waals surface area contributed by atoms with Crippen LogP contribution in [0.5, 0.6) is 0 Å². The summed E-state index contributed by atoms with van der Waals surface area (Å²) >= 11 is 0. The minimum atomic E-state index is -1.09. The highest BCUT2D eigenvalue weighted by atomic mass is 16.4. The van der Waals surface area contributed by atoms with Crippen molar-refractivity contribution in [3.8, 4) is 11.5 Å². The quantitative estimate of drug-likeness (QED) is 0.494. The SMILES string of the molecule is CCCn1cnnc1-c1cccc(N2Cc3c(cc(N(C)CC)nc3CCNC(=O)O)C2=O)n1. The number of nitrogens with zero attached hydrogens (tertiary/aromatic N) is 7. The minimum Gasteiger partial charge on any atom is -0.465 e. The fourth-order valence-electron chi connectivity index (χ4n) is 3.95. The summed E-state index contributed by atoms with van der Waals surface area (Å²) in [6.45, 7) is 6.10. The van der Waals surface area contributed by atoms with Crippen LogP contribution in [-0.2, 0) is 19.5 Å². The smallest absolute Gasteiger partial charge is 0.404 e. The maximum atomic E-state index is 13.5. The molecule has 2 N–H and O–H groups in total. The largest absolute Gasteiger partial charge is 0.465 e. The second kappa shape index (κ2) is 9.86. The monoisotopic (exact) mass is 464 g/mol. The lowest BCUT2D eigenvalue weighted by Gasteiger charge is -2.18. The first kappa shape index (κ1) is 23.1. The first-order chi connectivity index (χ1) is 16.4. The van der Waals surface area contributed by atoms with Gasteiger partial charge in [0.15, 0.2) is 5.82 Å². The van der Waals surface area contributed by atoms with Crippen molar-refractivity contribution in [2.75, 3.05) is 29.9 Å². The highest BCUT2D eigenvalue weighted by molar-refractivity contribution is 6.10. The standard InChI is InChI=1S/C23H28N8O3/c1-4-11-30-14-25-28-21(30)18-7-6-8-19(27-18)31-13-16-15(22(31)32)12-20(29(3)5-2)26-17(16)9-10-24-23(33)34/h6-8,12,14,24H,4-5,9-11,13H2,1-3H3,(H,33,34). The molecule has 4 heterocycles. The molecule has 34 heavy (non-hydrogen) atoms. The molecule has 178 valence electrons. The molecule has 1 aliphatic rings. The van der Waals surface area contributed by atoms with Gasteiger partial charge in [0, 0.05) is 38.7 Å². The number of fused-ring (bicyclic) bond motifs is 1. The summed E-state index contributed by atoms with van der Waals surface area (Å²) in [6, 6.07) is 7.31. The third-order valence-electron chi connectivity index (χ3n) is 5.81. The molecule has 0 saturated heterocycles. The Bertz CT molecular complexity index is 1210. The number of carboxylic acid groups (broad SMARTS) is 1. The predicted molar refractivity (Wildman–Crippen MR) is 127 cm³/mol. The highest BCUT2D eigenvalue weighted by Gasteiger charge is 2.33. The zero-order valence-electron chi connectivity index (χ0n) is 19.5. The van der Waals surface area contributed by atoms with Crippen LogP contribution in [-0.4, -0.2) is 62.0 Å². The van der Waals surface area contributed by atoms with Crippen molar-refractivity contribution < 1.29 is 14.7 Å². The molecule has 0 fully saturated rings. The van der Waals surface area contributed by atoms with E-state index < -0.39 is 6.09 Å². The van der Waals surface area contributed by atoms with E-state index in [1.807, 2.05) is 35.6 Å². The summed E-state index contributed by atoms with van der Waals surface area (Å²) in [7, 11) is 1.91. The molecule has 0 radical (unpaired) electrons. The van der Waals surface area contributed by atoms with Gasteiger partial charge in [-0.05, 0) is 31.5 Å². The molecular weight excluding hydrogens is 436 g/mol. The number of hydrogen-bond acceptors (Lipinski definition) is 7. The second-order valence-electron chi connectivity index (χ2n) is 8.07. The number of pyridine rings is 2. The number of aromatic nitrogens is 5. The van der Waals surface area contributed by atoms with Gasteiger partial charge in [0.25, 0.3) is 5.91 Å². The van der Waals surface area contributed by atoms with Crippen LogP contribution >= 0.6 is 0 Å². The van der Waals surface area contributed by atoms with Crippen LogP contribution in [0.2, 0.25) is 0 Å². The number of carbonyl (C=O) groups is 2. The van der Waals surface area contributed by atoms with Crippen molar-refractivity contribution >= 4 is 23.6 Å². The number of aryl methyl sites for hydroxylation is 1. The number of amides is 2. The average Bonchev–Trinajstić information content (AvgIpc) is 3.43. The predicted octanol–water partition coefficient (Wildman–Crippen LogP) is 2.57. The van der Waals surface area contributed by atoms with E-state index >= 15 is 0 Å². The number of nitrogens with one attached hydrogen (secondary N) is 1. The van der Waals surface area contributed by atoms with Crippen LogP contribution in [0.3, 0.4) is 0 Å². The summed E-state index contributed by atoms with van der Waals surface area (Å²) in [5.74, 6) is 1.69. The van der Waals surface area contributed by atoms with Gasteiger partial charge in [-0.1, -0.05) is 13.0 Å². The molecule has 0 saturated carbocycles. The molecule has 3 aromatic heterocycles. The van der Waals surface area contributed by atoms with Crippen molar-refractivity contribution in [1.82, 2.24) is 30.0 Å². The Balaban J connectivity index is 1.68. The van der Waals surface area contributed by atoms with Gasteiger partial charge in [0.2, 0.25) is 0 Å². The Hall–Kier alpha value is -4.02. The lowest BCUT2D eigenvalue weighted by atomic mass is 10.1. The molecule has 4 rings (SSSR count). The van der Waals surface area contributed by atoms with Crippen molar-refractivity contribution in [1.29, 1.82) is 0 Å². The first-order valence-corrected chi connectivity index (χ1v) is 11.3. The van der Waals surface area contributed by atoms with E-state index in [2.05, 4.69) is 22.4 Å². The molecule has 11 heteroatoms. The third-order valence-corrected chi connectivity index (χ3v) is 5.81. The minimum absolute atomic E-state index is 0.157. The van der Waals surface area contributed by atoms with E-state index in [9.17, 15) is 9.59 Å². The summed E-state index contributed by atoms with van der Waals surface area (Å²) < 4.78 is 1.94. The van der Waals surface area contributed by atoms with Crippen molar-refractivity contribution in [3.05, 3.63) is 47.4 Å². The van der Waals surface area contributed by atoms with Crippen molar-refractivity contribution in [3.63, 3.8) is 0 Å². The molecule has 0 aliphatic carbocycles. The van der Waals surface area contributed by atoms with Gasteiger partial charge in [0.1, 0.15) is 23.7 Å². The maximum absolute atomic E-state index is 13.5. The third kappa shape index (κ3) is 4.54. The zero-order chi connectivity index (χ0) is 24.2. The highest BCUT2D eigenvalue weighted by Crippen LogP contribution is 2.32. The summed E-state index contributed by atoms with van der Waals surface area (Å²) in [4.78, 5) is 37.4. The van der Waals surface area contributed by atoms with Gasteiger partial charge in [-0.15, -0.1) is 10.2 Å². The topological polar surface area (TPSA) is 129 Å². The van der Waals surface area contributed by atoms with Crippen LogP contribution < -0.4 is 15.1 Å². The Morgan fingerprint density at radius 1 is 1.26 bits per heavy atom. The molecule has 0 bridgehead atoms. The average molecular weight is 465 g/mol. The Morgan fingerprint density at radius 2 is 2.09 bits per heavy atom. The molecule has 1 aliphatic heterocycles. The van der Waals surface area contributed by atoms with Crippen molar-refractivity contribution in [2.45, 2.75) is 39.8 Å². The van der Waals surface area contributed by atoms with Gasteiger partial charge < -0.3 is 19.9 Å². The zero-order valence-corrected chi connectivity index (χ0v) is 19.5. The normalized spacial score (nSPS) is 12.7. The summed E-state index contributed by atoms with van der Waals surface area (Å²) in [5, 5.41) is 19.5. The van der Waals surface area contributed by atoms with E-state index in [1.165, 1.54) is 0 Å². The molecule has 0 unspecified atom stereocenters. The van der Waals surface area contributed by atoms with E-state index in [1.54, 1.807) is 23.4 Å². The lowest BCUT2D eigenvalue weighted by Crippen LogP contribution is -2.25. The van der Waals surface area contributed by atoms with E-state index in [0.717, 1.165) is 25.1 Å². The van der Waals surface area contributed by atoms with Crippen LogP contribution in [0.4, 0.5) is 16.4 Å². The second-order valence-corrected chi connectivity index (χ2v) is 8.07. The number of rotatable bonds is 9. The maximum Gasteiger partial charge on any atom is 0.404 e. The van der Waals surface area contributed by atoms with Crippen LogP contribution in [0, 0.1) is 0 Å². The van der Waals surface area contributed by atoms with E-state index in [0.29, 0.717) is 47.4 Å². The summed E-state index contributed by atoms with van der Waals surface area (Å²) in [6.07, 6.45) is 1.91. The van der Waals surface area contributed by atoms with Crippen LogP contribution in [0.25, 0.3) is 11.5 Å². The number of anilines is 2. The molecular formula is C23H28N8O3. The fourth-order valence-corrected chi connectivity index (χ4v) is 3.95. The Morgan fingerprint density at radius 3 is 2.82 bits per heavy atom.